The fourth-order valence-electron chi connectivity index (χ4n) is 6.18. The van der Waals surface area contributed by atoms with Crippen LogP contribution < -0.4 is 4.74 Å². The first kappa shape index (κ1) is 30.6. The number of H-pyrrole nitrogens is 1. The summed E-state index contributed by atoms with van der Waals surface area (Å²) in [6, 6.07) is 3.65. The summed E-state index contributed by atoms with van der Waals surface area (Å²) in [5.41, 5.74) is 6.80. The van der Waals surface area contributed by atoms with Gasteiger partial charge in [0, 0.05) is 23.7 Å². The van der Waals surface area contributed by atoms with Crippen molar-refractivity contribution >= 4 is 31.0 Å². The lowest BCUT2D eigenvalue weighted by Crippen LogP contribution is -2.43. The minimum absolute atomic E-state index is 0.109. The van der Waals surface area contributed by atoms with Crippen molar-refractivity contribution < 1.29 is 24.2 Å². The van der Waals surface area contributed by atoms with Crippen LogP contribution in [-0.4, -0.2) is 59.9 Å². The molecule has 7 nitrogen and oxygen atoms in total. The summed E-state index contributed by atoms with van der Waals surface area (Å²) in [5, 5.41) is 10.6. The Labute approximate surface area is 234 Å². The Morgan fingerprint density at radius 1 is 1.15 bits per heavy atom. The number of hydrogen-bond acceptors (Lipinski definition) is 4. The zero-order valence-electron chi connectivity index (χ0n) is 25.1. The van der Waals surface area contributed by atoms with Gasteiger partial charge in [-0.2, -0.15) is 0 Å². The van der Waals surface area contributed by atoms with Crippen LogP contribution in [-0.2, 0) is 16.0 Å². The number of likely N-dealkylation sites (tertiary alicyclic amines) is 1. The van der Waals surface area contributed by atoms with Crippen LogP contribution in [0.1, 0.15) is 86.3 Å². The summed E-state index contributed by atoms with van der Waals surface area (Å²) >= 11 is 0. The van der Waals surface area contributed by atoms with Gasteiger partial charge in [-0.3, -0.25) is 4.79 Å². The normalized spacial score (nSPS) is 16.2. The highest BCUT2D eigenvalue weighted by Gasteiger charge is 2.42. The lowest BCUT2D eigenvalue weighted by atomic mass is 10.0. The van der Waals surface area contributed by atoms with Crippen LogP contribution in [0, 0.1) is 11.5 Å². The number of nitrogens with zero attached hydrogens (tertiary/aromatic N) is 1. The predicted molar refractivity (Wildman–Crippen MR) is 159 cm³/mol. The number of nitrogens with one attached hydrogen (secondary N) is 1. The van der Waals surface area contributed by atoms with Crippen LogP contribution in [0.4, 0.5) is 4.79 Å². The average molecular weight is 555 g/mol. The van der Waals surface area contributed by atoms with E-state index in [-0.39, 0.29) is 18.6 Å². The summed E-state index contributed by atoms with van der Waals surface area (Å²) in [6.45, 7) is 20.1. The van der Waals surface area contributed by atoms with E-state index in [1.54, 1.807) is 4.90 Å². The van der Waals surface area contributed by atoms with E-state index in [1.807, 2.05) is 39.1 Å². The lowest BCUT2D eigenvalue weighted by molar-refractivity contribution is -0.136. The lowest BCUT2D eigenvalue weighted by Gasteiger charge is -2.38. The molecule has 1 saturated heterocycles. The number of aromatic nitrogens is 1. The molecule has 2 heterocycles. The molecule has 1 aliphatic rings. The van der Waals surface area contributed by atoms with Crippen LogP contribution in [0.5, 0.6) is 5.75 Å². The average Bonchev–Trinajstić information content (AvgIpc) is 3.47. The van der Waals surface area contributed by atoms with Crippen LogP contribution in [0.3, 0.4) is 0 Å². The Bertz CT molecular complexity index is 1220. The van der Waals surface area contributed by atoms with Crippen LogP contribution >= 0.6 is 0 Å². The Balaban J connectivity index is 2.00. The maximum absolute atomic E-state index is 12.7. The number of amides is 1. The number of carbonyl (C=O) groups excluding carboxylic acids is 1. The van der Waals surface area contributed by atoms with Crippen LogP contribution in [0.25, 0.3) is 10.9 Å². The number of aliphatic carboxylic acids is 1. The SMILES string of the molecule is CC(C)[Si](C#Cc1c(CC(=O)O)cc(OC[C@H]2CCCN2C(=O)OC(C)(C)C)c2[nH]ccc12)(C(C)C)C(C)C. The monoisotopic (exact) mass is 554 g/mol. The van der Waals surface area contributed by atoms with Crippen molar-refractivity contribution in [3.05, 3.63) is 29.5 Å². The third-order valence-electron chi connectivity index (χ3n) is 7.94. The number of carboxylic acids is 1. The summed E-state index contributed by atoms with van der Waals surface area (Å²) in [5.74, 6) is 3.17. The molecule has 1 aromatic carbocycles. The van der Waals surface area contributed by atoms with Gasteiger partial charge in [0.05, 0.1) is 18.0 Å². The van der Waals surface area contributed by atoms with Crippen LogP contribution in [0.2, 0.25) is 16.6 Å². The second kappa shape index (κ2) is 12.1. The molecule has 214 valence electrons. The molecule has 39 heavy (non-hydrogen) atoms. The summed E-state index contributed by atoms with van der Waals surface area (Å²) in [4.78, 5) is 29.6. The summed E-state index contributed by atoms with van der Waals surface area (Å²) in [6.07, 6.45) is 3.08. The molecule has 1 atom stereocenters. The van der Waals surface area contributed by atoms with Crippen molar-refractivity contribution in [2.45, 2.75) is 110 Å². The fourth-order valence-corrected chi connectivity index (χ4v) is 11.4. The van der Waals surface area contributed by atoms with Gasteiger partial charge in [-0.25, -0.2) is 4.79 Å². The van der Waals surface area contributed by atoms with Gasteiger partial charge in [0.15, 0.2) is 0 Å². The predicted octanol–water partition coefficient (Wildman–Crippen LogP) is 7.14. The first-order chi connectivity index (χ1) is 18.2. The fraction of sp³-hybridized carbons (Fsp3) is 0.613. The van der Waals surface area contributed by atoms with Crippen molar-refractivity contribution in [1.29, 1.82) is 0 Å². The van der Waals surface area contributed by atoms with Crippen LogP contribution in [0.15, 0.2) is 18.3 Å². The number of aromatic amines is 1. The molecule has 1 aromatic heterocycles. The van der Waals surface area contributed by atoms with Gasteiger partial charge < -0.3 is 24.5 Å². The minimum atomic E-state index is -2.02. The molecule has 0 aliphatic carbocycles. The van der Waals surface area contributed by atoms with Gasteiger partial charge in [-0.05, 0) is 67.9 Å². The van der Waals surface area contributed by atoms with Crippen molar-refractivity contribution in [2.24, 2.45) is 0 Å². The molecule has 0 bridgehead atoms. The standard InChI is InChI=1S/C31H46N2O5Si/c1-20(2)39(21(3)4,22(5)6)16-13-25-23(18-28(34)35)17-27(29-26(25)12-14-32-29)37-19-24-11-10-15-33(24)30(36)38-31(7,8)9/h12,14,17,20-22,24,32H,10-11,15,18-19H2,1-9H3,(H,34,35)/t24-/m1/s1. The van der Waals surface area contributed by atoms with E-state index >= 15 is 0 Å². The number of ether oxygens (including phenoxy) is 2. The maximum atomic E-state index is 12.7. The molecule has 1 amide bonds. The third-order valence-corrected chi connectivity index (χ3v) is 14.2. The highest BCUT2D eigenvalue weighted by Crippen LogP contribution is 2.41. The van der Waals surface area contributed by atoms with Gasteiger partial charge in [0.1, 0.15) is 26.0 Å². The Morgan fingerprint density at radius 2 is 1.79 bits per heavy atom. The van der Waals surface area contributed by atoms with Gasteiger partial charge >= 0.3 is 12.1 Å². The first-order valence-electron chi connectivity index (χ1n) is 14.2. The number of carboxylic acid groups (broad SMARTS) is 1. The number of hydrogen-bond donors (Lipinski definition) is 2. The number of fused-ring (bicyclic) bond motifs is 1. The van der Waals surface area contributed by atoms with E-state index < -0.39 is 19.6 Å². The Hall–Kier alpha value is -2.92. The van der Waals surface area contributed by atoms with Gasteiger partial charge in [0.2, 0.25) is 0 Å². The third kappa shape index (κ3) is 6.81. The molecule has 8 heteroatoms. The van der Waals surface area contributed by atoms with Crippen molar-refractivity contribution in [3.63, 3.8) is 0 Å². The van der Waals surface area contributed by atoms with E-state index in [0.717, 1.165) is 29.3 Å². The zero-order chi connectivity index (χ0) is 29.1. The second-order valence-electron chi connectivity index (χ2n) is 12.7. The first-order valence-corrected chi connectivity index (χ1v) is 16.4. The van der Waals surface area contributed by atoms with E-state index in [2.05, 4.69) is 58.0 Å². The molecule has 1 fully saturated rings. The van der Waals surface area contributed by atoms with Crippen molar-refractivity contribution in [3.8, 4) is 17.2 Å². The van der Waals surface area contributed by atoms with Gasteiger partial charge in [0.25, 0.3) is 0 Å². The number of rotatable bonds is 8. The van der Waals surface area contributed by atoms with E-state index in [1.165, 1.54) is 0 Å². The molecule has 0 unspecified atom stereocenters. The highest BCUT2D eigenvalue weighted by atomic mass is 28.3. The molecule has 3 rings (SSSR count). The molecule has 0 saturated carbocycles. The molecule has 2 N–H and O–H groups in total. The van der Waals surface area contributed by atoms with E-state index in [9.17, 15) is 14.7 Å². The van der Waals surface area contributed by atoms with E-state index in [4.69, 9.17) is 9.47 Å². The van der Waals surface area contributed by atoms with Crippen molar-refractivity contribution in [1.82, 2.24) is 9.88 Å². The smallest absolute Gasteiger partial charge is 0.410 e. The molecule has 1 aliphatic heterocycles. The minimum Gasteiger partial charge on any atom is -0.489 e. The number of benzene rings is 1. The van der Waals surface area contributed by atoms with E-state index in [0.29, 0.717) is 41.1 Å². The highest BCUT2D eigenvalue weighted by molar-refractivity contribution is 6.90. The molecule has 0 radical (unpaired) electrons. The Kier molecular flexibility index (Phi) is 9.48. The zero-order valence-corrected chi connectivity index (χ0v) is 26.1. The maximum Gasteiger partial charge on any atom is 0.410 e. The molecular formula is C31H46N2O5Si. The Morgan fingerprint density at radius 3 is 2.36 bits per heavy atom. The summed E-state index contributed by atoms with van der Waals surface area (Å²) < 4.78 is 11.9. The van der Waals surface area contributed by atoms with Gasteiger partial charge in [-0.1, -0.05) is 47.5 Å². The molecule has 2 aromatic rings. The second-order valence-corrected chi connectivity index (χ2v) is 18.3. The quantitative estimate of drug-likeness (QED) is 0.267. The number of carbonyl (C=O) groups is 2. The molecule has 0 spiro atoms. The summed E-state index contributed by atoms with van der Waals surface area (Å²) in [7, 11) is -2.02. The topological polar surface area (TPSA) is 91.9 Å². The molecular weight excluding hydrogens is 508 g/mol. The van der Waals surface area contributed by atoms with Gasteiger partial charge in [-0.15, -0.1) is 5.54 Å². The van der Waals surface area contributed by atoms with Crippen molar-refractivity contribution in [2.75, 3.05) is 13.2 Å². The largest absolute Gasteiger partial charge is 0.489 e.